The lowest BCUT2D eigenvalue weighted by atomic mass is 9.83. The number of nitrogens with zero attached hydrogens (tertiary/aromatic N) is 3. The van der Waals surface area contributed by atoms with Crippen molar-refractivity contribution >= 4 is 5.91 Å². The Kier molecular flexibility index (Phi) is 7.69. The Morgan fingerprint density at radius 3 is 2.21 bits per heavy atom. The molecule has 2 N–H and O–H groups in total. The largest absolute Gasteiger partial charge is 0.387 e. The van der Waals surface area contributed by atoms with Gasteiger partial charge in [-0.2, -0.15) is 0 Å². The van der Waals surface area contributed by atoms with Gasteiger partial charge in [-0.15, -0.1) is 0 Å². The Balaban J connectivity index is 1.66. The van der Waals surface area contributed by atoms with Gasteiger partial charge in [0.05, 0.1) is 23.9 Å². The van der Waals surface area contributed by atoms with Gasteiger partial charge in [-0.05, 0) is 36.1 Å². The van der Waals surface area contributed by atoms with E-state index < -0.39 is 11.6 Å². The molecule has 5 rings (SSSR count). The number of nitrogens with one attached hydrogen (secondary N) is 1. The number of carbonyl (C=O) groups is 1. The van der Waals surface area contributed by atoms with E-state index in [1.165, 1.54) is 0 Å². The molecule has 6 nitrogen and oxygen atoms in total. The fourth-order valence-corrected chi connectivity index (χ4v) is 5.51. The van der Waals surface area contributed by atoms with Crippen LogP contribution in [0.2, 0.25) is 0 Å². The van der Waals surface area contributed by atoms with Gasteiger partial charge in [0.25, 0.3) is 5.91 Å². The molecule has 0 bridgehead atoms. The predicted molar refractivity (Wildman–Crippen MR) is 155 cm³/mol. The summed E-state index contributed by atoms with van der Waals surface area (Å²) < 4.78 is 2.18. The van der Waals surface area contributed by atoms with Crippen LogP contribution in [0.3, 0.4) is 0 Å². The van der Waals surface area contributed by atoms with Gasteiger partial charge in [0.1, 0.15) is 5.82 Å². The number of aromatic nitrogens is 2. The van der Waals surface area contributed by atoms with Crippen molar-refractivity contribution in [2.45, 2.75) is 45.4 Å². The number of aliphatic hydroxyl groups is 1. The van der Waals surface area contributed by atoms with Crippen LogP contribution in [-0.4, -0.2) is 50.7 Å². The van der Waals surface area contributed by atoms with Gasteiger partial charge < -0.3 is 19.9 Å². The third kappa shape index (κ3) is 6.13. The first-order valence-electron chi connectivity index (χ1n) is 13.7. The Morgan fingerprint density at radius 2 is 1.62 bits per heavy atom. The summed E-state index contributed by atoms with van der Waals surface area (Å²) in [5.41, 5.74) is 2.27. The van der Waals surface area contributed by atoms with E-state index in [4.69, 9.17) is 4.98 Å². The molecule has 1 unspecified atom stereocenters. The normalized spacial score (nSPS) is 18.2. The zero-order chi connectivity index (χ0) is 27.5. The highest BCUT2D eigenvalue weighted by molar-refractivity contribution is 5.94. The minimum absolute atomic E-state index is 0.105. The summed E-state index contributed by atoms with van der Waals surface area (Å²) in [5.74, 6) is 0.704. The van der Waals surface area contributed by atoms with Crippen LogP contribution in [0.5, 0.6) is 0 Å². The molecular weight excluding hydrogens is 484 g/mol. The molecule has 2 heterocycles. The van der Waals surface area contributed by atoms with Crippen molar-refractivity contribution in [3.63, 3.8) is 0 Å². The third-order valence-electron chi connectivity index (χ3n) is 7.42. The summed E-state index contributed by atoms with van der Waals surface area (Å²) in [5, 5.41) is 14.8. The van der Waals surface area contributed by atoms with E-state index in [-0.39, 0.29) is 17.9 Å². The van der Waals surface area contributed by atoms with E-state index in [2.05, 4.69) is 61.1 Å². The Morgan fingerprint density at radius 1 is 1.00 bits per heavy atom. The molecule has 6 heteroatoms. The monoisotopic (exact) mass is 522 g/mol. The number of amides is 1. The van der Waals surface area contributed by atoms with Gasteiger partial charge >= 0.3 is 0 Å². The first-order chi connectivity index (χ1) is 18.7. The van der Waals surface area contributed by atoms with Gasteiger partial charge in [0, 0.05) is 30.4 Å². The molecule has 0 radical (unpaired) electrons. The molecule has 0 saturated carbocycles. The van der Waals surface area contributed by atoms with Crippen LogP contribution in [0.1, 0.15) is 55.0 Å². The second-order valence-electron chi connectivity index (χ2n) is 11.7. The highest BCUT2D eigenvalue weighted by Gasteiger charge is 2.43. The van der Waals surface area contributed by atoms with E-state index in [0.717, 1.165) is 29.2 Å². The average Bonchev–Trinajstić information content (AvgIpc) is 3.55. The van der Waals surface area contributed by atoms with Crippen LogP contribution in [-0.2, 0) is 6.54 Å². The number of rotatable bonds is 8. The lowest BCUT2D eigenvalue weighted by Gasteiger charge is -2.42. The van der Waals surface area contributed by atoms with Gasteiger partial charge in [-0.1, -0.05) is 99.6 Å². The van der Waals surface area contributed by atoms with Gasteiger partial charge in [-0.3, -0.25) is 4.79 Å². The van der Waals surface area contributed by atoms with Crippen LogP contribution >= 0.6 is 0 Å². The standard InChI is InChI=1S/C33H38N4O2/c1-32(2,3)29(37(24-33(39)19-20-34-23-33)31(38)27-17-11-6-12-18-27)30-35-28(26-15-9-5-10-16-26)22-36(30)21-25-13-7-4-8-14-25/h4-18,22,29,34,39H,19-21,23-24H2,1-3H3/t29-,33?/m0/s1. The molecule has 1 aliphatic rings. The fourth-order valence-electron chi connectivity index (χ4n) is 5.51. The maximum absolute atomic E-state index is 14.2. The maximum atomic E-state index is 14.2. The zero-order valence-electron chi connectivity index (χ0n) is 23.0. The smallest absolute Gasteiger partial charge is 0.254 e. The van der Waals surface area contributed by atoms with Gasteiger partial charge in [-0.25, -0.2) is 4.98 Å². The van der Waals surface area contributed by atoms with E-state index in [1.807, 2.05) is 71.6 Å². The van der Waals surface area contributed by atoms with Gasteiger partial charge in [0.2, 0.25) is 0 Å². The van der Waals surface area contributed by atoms with E-state index >= 15 is 0 Å². The lowest BCUT2D eigenvalue weighted by molar-refractivity contribution is -0.0102. The van der Waals surface area contributed by atoms with Crippen molar-refractivity contribution in [3.8, 4) is 11.3 Å². The van der Waals surface area contributed by atoms with Crippen LogP contribution in [0.15, 0.2) is 97.2 Å². The SMILES string of the molecule is CC(C)(C)[C@H](c1nc(-c2ccccc2)cn1Cc1ccccc1)N(CC1(O)CCNC1)C(=O)c1ccccc1. The lowest BCUT2D eigenvalue weighted by Crippen LogP contribution is -2.51. The van der Waals surface area contributed by atoms with Crippen LogP contribution in [0, 0.1) is 5.41 Å². The van der Waals surface area contributed by atoms with Crippen molar-refractivity contribution in [1.29, 1.82) is 0 Å². The van der Waals surface area contributed by atoms with Gasteiger partial charge in [0.15, 0.2) is 0 Å². The molecule has 2 atom stereocenters. The van der Waals surface area contributed by atoms with E-state index in [0.29, 0.717) is 25.1 Å². The van der Waals surface area contributed by atoms with Crippen LogP contribution in [0.4, 0.5) is 0 Å². The quantitative estimate of drug-likeness (QED) is 0.318. The molecule has 1 saturated heterocycles. The number of β-amino-alcohol motifs (C(OH)–C–C–N with tert-alkyl or cyclic N) is 1. The van der Waals surface area contributed by atoms with Crippen LogP contribution < -0.4 is 5.32 Å². The maximum Gasteiger partial charge on any atom is 0.254 e. The number of hydrogen-bond donors (Lipinski definition) is 2. The fraction of sp³-hybridized carbons (Fsp3) is 0.333. The summed E-state index contributed by atoms with van der Waals surface area (Å²) in [6, 6.07) is 29.4. The molecule has 3 aromatic carbocycles. The summed E-state index contributed by atoms with van der Waals surface area (Å²) >= 11 is 0. The molecular formula is C33H38N4O2. The Labute approximate surface area is 231 Å². The highest BCUT2D eigenvalue weighted by Crippen LogP contribution is 2.41. The highest BCUT2D eigenvalue weighted by atomic mass is 16.3. The molecule has 1 aromatic heterocycles. The van der Waals surface area contributed by atoms with E-state index in [1.54, 1.807) is 0 Å². The van der Waals surface area contributed by atoms with Crippen molar-refractivity contribution in [2.24, 2.45) is 5.41 Å². The number of imidazole rings is 1. The molecule has 1 aliphatic heterocycles. The number of carbonyl (C=O) groups excluding carboxylic acids is 1. The molecule has 39 heavy (non-hydrogen) atoms. The predicted octanol–water partition coefficient (Wildman–Crippen LogP) is 5.55. The minimum Gasteiger partial charge on any atom is -0.387 e. The average molecular weight is 523 g/mol. The topological polar surface area (TPSA) is 70.4 Å². The molecule has 202 valence electrons. The van der Waals surface area contributed by atoms with Crippen molar-refractivity contribution in [3.05, 3.63) is 114 Å². The van der Waals surface area contributed by atoms with Crippen molar-refractivity contribution < 1.29 is 9.90 Å². The molecule has 1 fully saturated rings. The summed E-state index contributed by atoms with van der Waals surface area (Å²) in [6.07, 6.45) is 2.68. The third-order valence-corrected chi connectivity index (χ3v) is 7.42. The minimum atomic E-state index is -1.01. The summed E-state index contributed by atoms with van der Waals surface area (Å²) in [4.78, 5) is 21.3. The van der Waals surface area contributed by atoms with E-state index in [9.17, 15) is 9.90 Å². The summed E-state index contributed by atoms with van der Waals surface area (Å²) in [7, 11) is 0. The first kappa shape index (κ1) is 26.9. The first-order valence-corrected chi connectivity index (χ1v) is 13.7. The second kappa shape index (κ2) is 11.2. The Bertz CT molecular complexity index is 1370. The number of benzene rings is 3. The summed E-state index contributed by atoms with van der Waals surface area (Å²) in [6.45, 7) is 8.45. The van der Waals surface area contributed by atoms with Crippen LogP contribution in [0.25, 0.3) is 11.3 Å². The molecule has 0 aliphatic carbocycles. The molecule has 1 amide bonds. The van der Waals surface area contributed by atoms with Crippen molar-refractivity contribution in [1.82, 2.24) is 19.8 Å². The number of hydrogen-bond acceptors (Lipinski definition) is 4. The Hall–Kier alpha value is -3.74. The second-order valence-corrected chi connectivity index (χ2v) is 11.7. The zero-order valence-corrected chi connectivity index (χ0v) is 23.0. The molecule has 4 aromatic rings. The molecule has 0 spiro atoms. The van der Waals surface area contributed by atoms with Crippen molar-refractivity contribution in [2.75, 3.05) is 19.6 Å².